The molecule has 0 aliphatic heterocycles. The van der Waals surface area contributed by atoms with Gasteiger partial charge in [0.1, 0.15) is 4.90 Å². The predicted molar refractivity (Wildman–Crippen MR) is 69.6 cm³/mol. The van der Waals surface area contributed by atoms with Crippen molar-refractivity contribution in [2.45, 2.75) is 4.90 Å². The van der Waals surface area contributed by atoms with E-state index < -0.39 is 10.1 Å². The Kier molecular flexibility index (Phi) is 5.25. The smallest absolute Gasteiger partial charge is 0.282 e. The molecular weight excluding hydrogens is 310 g/mol. The predicted octanol–water partition coefficient (Wildman–Crippen LogP) is 2.35. The zero-order valence-electron chi connectivity index (χ0n) is 9.42. The van der Waals surface area contributed by atoms with Gasteiger partial charge < -0.3 is 0 Å². The number of hydrogen-bond donors (Lipinski definition) is 1. The molecule has 0 aliphatic rings. The third kappa shape index (κ3) is 3.13. The fourth-order valence-electron chi connectivity index (χ4n) is 1.71. The molecule has 0 bridgehead atoms. The van der Waals surface area contributed by atoms with Gasteiger partial charge in [-0.25, -0.2) is 0 Å². The van der Waals surface area contributed by atoms with E-state index in [1.54, 1.807) is 30.3 Å². The topological polar surface area (TPSA) is 54.4 Å². The van der Waals surface area contributed by atoms with Gasteiger partial charge in [-0.1, -0.05) is 49.1 Å². The molecule has 17 heavy (non-hydrogen) atoms. The summed E-state index contributed by atoms with van der Waals surface area (Å²) in [6, 6.07) is 10.4. The number of benzene rings is 2. The Morgan fingerprint density at radius 2 is 1.76 bits per heavy atom. The summed E-state index contributed by atoms with van der Waals surface area (Å²) in [5.41, 5.74) is 0.404. The van der Waals surface area contributed by atoms with E-state index in [4.69, 9.17) is 0 Å². The Morgan fingerprint density at radius 1 is 1.12 bits per heavy atom. The quantitative estimate of drug-likeness (QED) is 0.865. The molecule has 2 rings (SSSR count). The van der Waals surface area contributed by atoms with Gasteiger partial charge in [0, 0.05) is 63.6 Å². The van der Waals surface area contributed by atoms with Crippen molar-refractivity contribution in [3.05, 3.63) is 48.5 Å². The Morgan fingerprint density at radius 3 is 2.35 bits per heavy atom. The van der Waals surface area contributed by atoms with Crippen molar-refractivity contribution in [2.75, 3.05) is 0 Å². The van der Waals surface area contributed by atoms with Gasteiger partial charge in [-0.05, 0) is 10.9 Å². The zero-order chi connectivity index (χ0) is 11.8. The van der Waals surface area contributed by atoms with E-state index in [9.17, 15) is 13.0 Å². The molecule has 0 unspecified atom stereocenters. The molecule has 0 aromatic heterocycles. The van der Waals surface area contributed by atoms with Crippen LogP contribution in [-0.4, -0.2) is 71.2 Å². The average molecular weight is 320 g/mol. The van der Waals surface area contributed by atoms with Crippen molar-refractivity contribution < 1.29 is 13.0 Å². The van der Waals surface area contributed by atoms with Crippen LogP contribution < -0.4 is 0 Å². The maximum atomic E-state index is 11.3. The van der Waals surface area contributed by atoms with Gasteiger partial charge >= 0.3 is 0 Å². The van der Waals surface area contributed by atoms with E-state index in [1.807, 2.05) is 6.07 Å². The monoisotopic (exact) mass is 319 g/mol. The molecule has 1 N–H and O–H groups in total. The van der Waals surface area contributed by atoms with E-state index >= 15 is 0 Å². The minimum absolute atomic E-state index is 0. The first kappa shape index (κ1) is 15.2. The molecule has 0 amide bonds. The van der Waals surface area contributed by atoms with E-state index in [0.29, 0.717) is 10.9 Å². The van der Waals surface area contributed by atoms with E-state index in [-0.39, 0.29) is 63.1 Å². The second-order valence-corrected chi connectivity index (χ2v) is 4.74. The third-order valence-electron chi connectivity index (χ3n) is 2.39. The maximum absolute atomic E-state index is 11.3. The summed E-state index contributed by atoms with van der Waals surface area (Å²) in [5.74, 6) is 0. The van der Waals surface area contributed by atoms with E-state index in [2.05, 4.69) is 6.58 Å². The zero-order valence-corrected chi connectivity index (χ0v) is 15.2. The molecule has 0 aliphatic carbocycles. The second kappa shape index (κ2) is 5.86. The minimum Gasteiger partial charge on any atom is -0.282 e. The molecule has 0 saturated heterocycles. The van der Waals surface area contributed by atoms with Crippen LogP contribution in [0.3, 0.4) is 0 Å². The number of rotatable bonds is 2. The van der Waals surface area contributed by atoms with Crippen molar-refractivity contribution in [2.24, 2.45) is 0 Å². The summed E-state index contributed by atoms with van der Waals surface area (Å²) in [6.45, 7) is 3.54. The van der Waals surface area contributed by atoms with Crippen molar-refractivity contribution in [1.29, 1.82) is 0 Å². The van der Waals surface area contributed by atoms with E-state index in [0.717, 1.165) is 5.39 Å². The largest absolute Gasteiger partial charge is 0.295 e. The average Bonchev–Trinajstić information content (AvgIpc) is 2.26. The first-order valence-electron chi connectivity index (χ1n) is 4.65. The Labute approximate surface area is 149 Å². The van der Waals surface area contributed by atoms with Crippen molar-refractivity contribution >= 4 is 85.2 Å². The van der Waals surface area contributed by atoms with Crippen LogP contribution >= 0.6 is 0 Å². The van der Waals surface area contributed by atoms with Crippen LogP contribution in [0.4, 0.5) is 0 Å². The van der Waals surface area contributed by atoms with Gasteiger partial charge in [0.15, 0.2) is 0 Å². The van der Waals surface area contributed by atoms with Gasteiger partial charge in [-0.15, -0.1) is 0 Å². The van der Waals surface area contributed by atoms with Gasteiger partial charge in [0.05, 0.1) is 0 Å². The summed E-state index contributed by atoms with van der Waals surface area (Å²) in [6.07, 6.45) is 1.41. The Bertz CT molecular complexity index is 663. The van der Waals surface area contributed by atoms with Crippen LogP contribution in [0.2, 0.25) is 0 Å². The first-order chi connectivity index (χ1) is 7.54. The van der Waals surface area contributed by atoms with Gasteiger partial charge in [0.2, 0.25) is 0 Å². The van der Waals surface area contributed by atoms with Crippen LogP contribution in [0.25, 0.3) is 16.8 Å². The van der Waals surface area contributed by atoms with Crippen LogP contribution in [0, 0.1) is 0 Å². The Balaban J connectivity index is 0.00000144. The molecule has 5 heteroatoms. The molecular formula is C12H10O3RbS. The summed E-state index contributed by atoms with van der Waals surface area (Å²) < 4.78 is 31.9. The SMILES string of the molecule is C=Cc1ccc2ccccc2c1S(=O)(=O)O.[Rb]. The molecule has 0 fully saturated rings. The van der Waals surface area contributed by atoms with Crippen LogP contribution in [0.1, 0.15) is 5.56 Å². The molecule has 3 nitrogen and oxygen atoms in total. The third-order valence-corrected chi connectivity index (χ3v) is 3.36. The molecule has 1 radical (unpaired) electrons. The number of hydrogen-bond acceptors (Lipinski definition) is 2. The molecule has 2 aromatic carbocycles. The van der Waals surface area contributed by atoms with Gasteiger partial charge in [0.25, 0.3) is 10.1 Å². The van der Waals surface area contributed by atoms with Crippen molar-refractivity contribution in [3.63, 3.8) is 0 Å². The molecule has 0 heterocycles. The van der Waals surface area contributed by atoms with Crippen molar-refractivity contribution in [1.82, 2.24) is 0 Å². The molecule has 0 atom stereocenters. The molecule has 2 aromatic rings. The van der Waals surface area contributed by atoms with Crippen LogP contribution in [-0.2, 0) is 10.1 Å². The summed E-state index contributed by atoms with van der Waals surface area (Å²) in [4.78, 5) is -0.0828. The molecule has 0 spiro atoms. The Hall–Kier alpha value is 0.155. The van der Waals surface area contributed by atoms with E-state index in [1.165, 1.54) is 6.08 Å². The number of fused-ring (bicyclic) bond motifs is 1. The normalized spacial score (nSPS) is 10.9. The minimum atomic E-state index is -4.24. The fourth-order valence-corrected chi connectivity index (χ4v) is 2.62. The van der Waals surface area contributed by atoms with Gasteiger partial charge in [-0.3, -0.25) is 4.55 Å². The van der Waals surface area contributed by atoms with Crippen molar-refractivity contribution in [3.8, 4) is 0 Å². The fraction of sp³-hybridized carbons (Fsp3) is 0. The molecule has 0 saturated carbocycles. The van der Waals surface area contributed by atoms with Gasteiger partial charge in [-0.2, -0.15) is 8.42 Å². The standard InChI is InChI=1S/C12H10O3S.Rb/c1-2-9-7-8-10-5-3-4-6-11(10)12(9)16(13,14)15;/h2-8H,1H2,(H,13,14,15);. The maximum Gasteiger partial charge on any atom is 0.295 e. The molecule has 83 valence electrons. The summed E-state index contributed by atoms with van der Waals surface area (Å²) >= 11 is 0. The summed E-state index contributed by atoms with van der Waals surface area (Å²) in [7, 11) is -4.24. The summed E-state index contributed by atoms with van der Waals surface area (Å²) in [5, 5.41) is 1.27. The van der Waals surface area contributed by atoms with Crippen LogP contribution in [0.5, 0.6) is 0 Å². The van der Waals surface area contributed by atoms with Crippen LogP contribution in [0.15, 0.2) is 47.9 Å². The second-order valence-electron chi connectivity index (χ2n) is 3.38. The first-order valence-corrected chi connectivity index (χ1v) is 6.10.